The second kappa shape index (κ2) is 3.62. The molecule has 2 heterocycles. The number of rotatable bonds is 2. The molecular formula is C7H4N4O3S. The molecule has 0 amide bonds. The van der Waals surface area contributed by atoms with Crippen molar-refractivity contribution in [2.45, 2.75) is 5.09 Å². The molecule has 0 aromatic carbocycles. The second-order valence-corrected chi connectivity index (χ2v) is 3.74. The van der Waals surface area contributed by atoms with Crippen molar-refractivity contribution in [3.05, 3.63) is 12.1 Å². The standard InChI is InChI=1S/C7H4N4O3S/c1-15(12)7-4(2-8)10-5(14-7)6-11-9-3-13-6/h3H,1H3. The Morgan fingerprint density at radius 3 is 2.80 bits per heavy atom. The average molecular weight is 224 g/mol. The molecule has 0 aliphatic rings. The molecule has 1 unspecified atom stereocenters. The quantitative estimate of drug-likeness (QED) is 0.723. The van der Waals surface area contributed by atoms with Crippen molar-refractivity contribution in [1.29, 1.82) is 5.26 Å². The van der Waals surface area contributed by atoms with Crippen molar-refractivity contribution in [3.63, 3.8) is 0 Å². The first-order valence-corrected chi connectivity index (χ1v) is 5.29. The van der Waals surface area contributed by atoms with Gasteiger partial charge in [0.1, 0.15) is 6.07 Å². The Bertz CT molecular complexity index is 539. The van der Waals surface area contributed by atoms with Crippen LogP contribution in [0.3, 0.4) is 0 Å². The van der Waals surface area contributed by atoms with Gasteiger partial charge in [-0.1, -0.05) is 0 Å². The summed E-state index contributed by atoms with van der Waals surface area (Å²) >= 11 is 0. The Balaban J connectivity index is 2.54. The third kappa shape index (κ3) is 1.64. The number of hydrogen-bond donors (Lipinski definition) is 0. The normalized spacial score (nSPS) is 12.3. The fourth-order valence-electron chi connectivity index (χ4n) is 0.929. The molecule has 0 aliphatic carbocycles. The van der Waals surface area contributed by atoms with Crippen molar-refractivity contribution in [2.24, 2.45) is 0 Å². The summed E-state index contributed by atoms with van der Waals surface area (Å²) in [7, 11) is -1.42. The van der Waals surface area contributed by atoms with E-state index in [9.17, 15) is 4.21 Å². The Morgan fingerprint density at radius 1 is 1.53 bits per heavy atom. The Morgan fingerprint density at radius 2 is 2.33 bits per heavy atom. The van der Waals surface area contributed by atoms with Crippen LogP contribution < -0.4 is 0 Å². The van der Waals surface area contributed by atoms with E-state index >= 15 is 0 Å². The third-order valence-electron chi connectivity index (χ3n) is 1.51. The zero-order valence-electron chi connectivity index (χ0n) is 7.50. The molecule has 1 atom stereocenters. The van der Waals surface area contributed by atoms with Crippen molar-refractivity contribution >= 4 is 10.8 Å². The van der Waals surface area contributed by atoms with E-state index in [1.54, 1.807) is 6.07 Å². The molecule has 15 heavy (non-hydrogen) atoms. The lowest BCUT2D eigenvalue weighted by Crippen LogP contribution is -1.87. The molecule has 2 aromatic heterocycles. The molecule has 0 fully saturated rings. The maximum atomic E-state index is 11.2. The lowest BCUT2D eigenvalue weighted by atomic mass is 10.5. The Kier molecular flexibility index (Phi) is 2.31. The minimum absolute atomic E-state index is 0.00528. The van der Waals surface area contributed by atoms with Gasteiger partial charge in [-0.05, 0) is 0 Å². The first-order valence-electron chi connectivity index (χ1n) is 3.73. The second-order valence-electron chi connectivity index (χ2n) is 2.46. The largest absolute Gasteiger partial charge is 0.422 e. The number of aromatic nitrogens is 3. The van der Waals surface area contributed by atoms with Gasteiger partial charge in [-0.15, -0.1) is 10.2 Å². The Labute approximate surface area is 86.2 Å². The minimum Gasteiger partial charge on any atom is -0.422 e. The van der Waals surface area contributed by atoms with Gasteiger partial charge in [0.15, 0.2) is 5.69 Å². The van der Waals surface area contributed by atoms with Crippen LogP contribution in [0.5, 0.6) is 0 Å². The molecule has 0 spiro atoms. The Hall–Kier alpha value is -2.01. The van der Waals surface area contributed by atoms with Gasteiger partial charge in [0.2, 0.25) is 11.5 Å². The van der Waals surface area contributed by atoms with E-state index in [0.29, 0.717) is 0 Å². The smallest absolute Gasteiger partial charge is 0.304 e. The van der Waals surface area contributed by atoms with Gasteiger partial charge in [-0.3, -0.25) is 4.21 Å². The monoisotopic (exact) mass is 224 g/mol. The molecule has 0 radical (unpaired) electrons. The first kappa shape index (κ1) is 9.54. The van der Waals surface area contributed by atoms with Crippen molar-refractivity contribution < 1.29 is 13.0 Å². The predicted molar refractivity (Wildman–Crippen MR) is 46.8 cm³/mol. The van der Waals surface area contributed by atoms with Crippen molar-refractivity contribution in [2.75, 3.05) is 6.26 Å². The van der Waals surface area contributed by atoms with Gasteiger partial charge in [0.05, 0.1) is 10.8 Å². The van der Waals surface area contributed by atoms with E-state index in [2.05, 4.69) is 15.2 Å². The number of nitrogens with zero attached hydrogens (tertiary/aromatic N) is 4. The summed E-state index contributed by atoms with van der Waals surface area (Å²) in [4.78, 5) is 3.78. The molecule has 0 N–H and O–H groups in total. The zero-order chi connectivity index (χ0) is 10.8. The highest BCUT2D eigenvalue weighted by Gasteiger charge is 2.19. The summed E-state index contributed by atoms with van der Waals surface area (Å²) in [6.07, 6.45) is 2.49. The fraction of sp³-hybridized carbons (Fsp3) is 0.143. The van der Waals surface area contributed by atoms with Gasteiger partial charge in [-0.25, -0.2) is 0 Å². The first-order chi connectivity index (χ1) is 7.22. The van der Waals surface area contributed by atoms with Crippen molar-refractivity contribution in [3.8, 4) is 17.9 Å². The highest BCUT2D eigenvalue weighted by molar-refractivity contribution is 7.84. The molecule has 7 nitrogen and oxygen atoms in total. The third-order valence-corrected chi connectivity index (χ3v) is 2.30. The van der Waals surface area contributed by atoms with E-state index in [1.165, 1.54) is 6.26 Å². The molecule has 2 rings (SSSR count). The zero-order valence-corrected chi connectivity index (χ0v) is 8.32. The van der Waals surface area contributed by atoms with E-state index < -0.39 is 10.8 Å². The molecule has 0 saturated heterocycles. The van der Waals surface area contributed by atoms with Gasteiger partial charge in [0, 0.05) is 6.26 Å². The lowest BCUT2D eigenvalue weighted by Gasteiger charge is -1.86. The SMILES string of the molecule is CS(=O)c1oc(-c2nnco2)nc1C#N. The molecule has 76 valence electrons. The van der Waals surface area contributed by atoms with Gasteiger partial charge >= 0.3 is 5.89 Å². The van der Waals surface area contributed by atoms with Crippen LogP contribution in [-0.2, 0) is 10.8 Å². The summed E-state index contributed by atoms with van der Waals surface area (Å²) in [6, 6.07) is 1.77. The van der Waals surface area contributed by atoms with Crippen LogP contribution >= 0.6 is 0 Å². The maximum Gasteiger partial charge on any atom is 0.304 e. The molecule has 8 heteroatoms. The van der Waals surface area contributed by atoms with Crippen LogP contribution in [0, 0.1) is 11.3 Å². The van der Waals surface area contributed by atoms with Crippen LogP contribution in [0.1, 0.15) is 5.69 Å². The highest BCUT2D eigenvalue weighted by Crippen LogP contribution is 2.21. The topological polar surface area (TPSA) is 106 Å². The molecule has 0 bridgehead atoms. The average Bonchev–Trinajstić information content (AvgIpc) is 2.86. The summed E-state index contributed by atoms with van der Waals surface area (Å²) in [5.41, 5.74) is -0.0379. The summed E-state index contributed by atoms with van der Waals surface area (Å²) in [6.45, 7) is 0. The number of hydrogen-bond acceptors (Lipinski definition) is 7. The lowest BCUT2D eigenvalue weighted by molar-refractivity contribution is 0.449. The van der Waals surface area contributed by atoms with Crippen LogP contribution in [0.15, 0.2) is 20.3 Å². The minimum atomic E-state index is -1.42. The van der Waals surface area contributed by atoms with Crippen LogP contribution in [0.2, 0.25) is 0 Å². The van der Waals surface area contributed by atoms with E-state index in [4.69, 9.17) is 14.1 Å². The number of oxazole rings is 1. The molecule has 0 aliphatic heterocycles. The van der Waals surface area contributed by atoms with Crippen LogP contribution in [0.4, 0.5) is 0 Å². The van der Waals surface area contributed by atoms with Gasteiger partial charge in [0.25, 0.3) is 5.89 Å². The van der Waals surface area contributed by atoms with E-state index in [-0.39, 0.29) is 22.6 Å². The highest BCUT2D eigenvalue weighted by atomic mass is 32.2. The molecule has 2 aromatic rings. The summed E-state index contributed by atoms with van der Waals surface area (Å²) < 4.78 is 21.1. The van der Waals surface area contributed by atoms with Gasteiger partial charge in [-0.2, -0.15) is 10.2 Å². The van der Waals surface area contributed by atoms with Crippen LogP contribution in [0.25, 0.3) is 11.8 Å². The summed E-state index contributed by atoms with van der Waals surface area (Å²) in [5.74, 6) is 0.0393. The fourth-order valence-corrected chi connectivity index (χ4v) is 1.49. The van der Waals surface area contributed by atoms with Crippen LogP contribution in [-0.4, -0.2) is 25.6 Å². The predicted octanol–water partition coefficient (Wildman–Crippen LogP) is 0.334. The van der Waals surface area contributed by atoms with Crippen molar-refractivity contribution in [1.82, 2.24) is 15.2 Å². The van der Waals surface area contributed by atoms with Gasteiger partial charge < -0.3 is 8.83 Å². The number of nitriles is 1. The van der Waals surface area contributed by atoms with E-state index in [0.717, 1.165) is 6.39 Å². The summed E-state index contributed by atoms with van der Waals surface area (Å²) in [5, 5.41) is 15.7. The maximum absolute atomic E-state index is 11.2. The molecular weight excluding hydrogens is 220 g/mol. The van der Waals surface area contributed by atoms with E-state index in [1.807, 2.05) is 0 Å². The molecule has 0 saturated carbocycles.